The molecule has 1 N–H and O–H groups in total. The largest absolute Gasteiger partial charge is 0.353 e. The number of amides is 2. The van der Waals surface area contributed by atoms with Crippen LogP contribution in [0.15, 0.2) is 28.8 Å². The Morgan fingerprint density at radius 1 is 1.19 bits per heavy atom. The minimum atomic E-state index is -0.00469. The number of nitrogens with zero attached hydrogens (tertiary/aromatic N) is 3. The second-order valence-electron chi connectivity index (χ2n) is 8.57. The molecule has 3 rings (SSSR count). The van der Waals surface area contributed by atoms with Crippen LogP contribution in [-0.4, -0.2) is 46.0 Å². The van der Waals surface area contributed by atoms with Crippen LogP contribution in [-0.2, 0) is 16.0 Å². The Bertz CT molecular complexity index is 873. The van der Waals surface area contributed by atoms with E-state index >= 15 is 0 Å². The van der Waals surface area contributed by atoms with E-state index in [0.29, 0.717) is 55.0 Å². The van der Waals surface area contributed by atoms with Gasteiger partial charge < -0.3 is 14.7 Å². The van der Waals surface area contributed by atoms with E-state index in [-0.39, 0.29) is 23.8 Å². The van der Waals surface area contributed by atoms with Crippen LogP contribution >= 0.6 is 11.6 Å². The lowest BCUT2D eigenvalue weighted by Gasteiger charge is -2.32. The Kier molecular flexibility index (Phi) is 8.07. The molecule has 1 aromatic carbocycles. The number of piperidine rings is 1. The molecule has 0 radical (unpaired) electrons. The van der Waals surface area contributed by atoms with Crippen LogP contribution in [0.5, 0.6) is 0 Å². The Morgan fingerprint density at radius 2 is 1.87 bits per heavy atom. The molecular formula is C23H31ClN4O3. The zero-order valence-electron chi connectivity index (χ0n) is 18.4. The Morgan fingerprint density at radius 3 is 2.52 bits per heavy atom. The Hall–Kier alpha value is -2.41. The maximum Gasteiger partial charge on any atom is 0.226 e. The van der Waals surface area contributed by atoms with Crippen LogP contribution in [0.4, 0.5) is 0 Å². The lowest BCUT2D eigenvalue weighted by Crippen LogP contribution is -2.45. The summed E-state index contributed by atoms with van der Waals surface area (Å²) in [7, 11) is 0. The van der Waals surface area contributed by atoms with Crippen molar-refractivity contribution in [1.29, 1.82) is 0 Å². The second-order valence-corrected chi connectivity index (χ2v) is 9.00. The van der Waals surface area contributed by atoms with E-state index in [1.54, 1.807) is 12.1 Å². The molecule has 1 saturated heterocycles. The van der Waals surface area contributed by atoms with Gasteiger partial charge in [-0.2, -0.15) is 4.98 Å². The predicted molar refractivity (Wildman–Crippen MR) is 119 cm³/mol. The molecule has 8 heteroatoms. The van der Waals surface area contributed by atoms with Crippen molar-refractivity contribution in [2.24, 2.45) is 11.8 Å². The van der Waals surface area contributed by atoms with Gasteiger partial charge in [-0.25, -0.2) is 0 Å². The first-order valence-corrected chi connectivity index (χ1v) is 11.4. The van der Waals surface area contributed by atoms with Crippen molar-refractivity contribution < 1.29 is 14.1 Å². The Balaban J connectivity index is 1.39. The van der Waals surface area contributed by atoms with E-state index in [1.165, 1.54) is 0 Å². The number of aryl methyl sites for hydroxylation is 1. The smallest absolute Gasteiger partial charge is 0.226 e. The Labute approximate surface area is 188 Å². The average molecular weight is 447 g/mol. The average Bonchev–Trinajstić information content (AvgIpc) is 3.23. The molecule has 1 aromatic heterocycles. The maximum atomic E-state index is 12.5. The van der Waals surface area contributed by atoms with E-state index in [1.807, 2.05) is 24.0 Å². The number of halogens is 1. The summed E-state index contributed by atoms with van der Waals surface area (Å²) in [6.07, 6.45) is 3.07. The molecule has 2 amide bonds. The predicted octanol–water partition coefficient (Wildman–Crippen LogP) is 4.11. The normalized spacial score (nSPS) is 15.8. The topological polar surface area (TPSA) is 88.3 Å². The highest BCUT2D eigenvalue weighted by atomic mass is 35.5. The molecule has 1 atom stereocenters. The van der Waals surface area contributed by atoms with E-state index in [2.05, 4.69) is 29.3 Å². The minimum Gasteiger partial charge on any atom is -0.353 e. The third-order valence-corrected chi connectivity index (χ3v) is 6.19. The van der Waals surface area contributed by atoms with Crippen LogP contribution in [0.3, 0.4) is 0 Å². The van der Waals surface area contributed by atoms with Crippen molar-refractivity contribution in [3.05, 3.63) is 35.2 Å². The molecule has 0 aliphatic carbocycles. The number of aromatic nitrogens is 2. The van der Waals surface area contributed by atoms with Crippen molar-refractivity contribution in [2.45, 2.75) is 58.9 Å². The molecule has 1 fully saturated rings. The van der Waals surface area contributed by atoms with Gasteiger partial charge in [-0.15, -0.1) is 0 Å². The molecule has 2 heterocycles. The third kappa shape index (κ3) is 6.53. The third-order valence-electron chi connectivity index (χ3n) is 5.94. The van der Waals surface area contributed by atoms with Gasteiger partial charge in [0.15, 0.2) is 0 Å². The van der Waals surface area contributed by atoms with Gasteiger partial charge in [-0.1, -0.05) is 30.6 Å². The number of hydrogen-bond acceptors (Lipinski definition) is 5. The highest BCUT2D eigenvalue weighted by Crippen LogP contribution is 2.21. The SMILES string of the molecule is CC(C)C(C)NC(=O)C1CCN(C(=O)CCCc2nc(-c3ccc(Cl)cc3)no2)CC1. The van der Waals surface area contributed by atoms with Crippen molar-refractivity contribution in [3.63, 3.8) is 0 Å². The standard InChI is InChI=1S/C23H31ClN4O3/c1-15(2)16(3)25-23(30)18-11-13-28(14-12-18)21(29)6-4-5-20-26-22(27-31-20)17-7-9-19(24)10-8-17/h7-10,15-16,18H,4-6,11-14H2,1-3H3,(H,25,30). The van der Waals surface area contributed by atoms with Gasteiger partial charge in [0.25, 0.3) is 0 Å². The van der Waals surface area contributed by atoms with Crippen LogP contribution < -0.4 is 5.32 Å². The molecule has 0 spiro atoms. The summed E-state index contributed by atoms with van der Waals surface area (Å²) in [5.74, 6) is 1.67. The van der Waals surface area contributed by atoms with Gasteiger partial charge in [0.05, 0.1) is 0 Å². The zero-order valence-corrected chi connectivity index (χ0v) is 19.2. The minimum absolute atomic E-state index is 0.00469. The number of likely N-dealkylation sites (tertiary alicyclic amines) is 1. The summed E-state index contributed by atoms with van der Waals surface area (Å²) in [6.45, 7) is 7.49. The van der Waals surface area contributed by atoms with E-state index in [0.717, 1.165) is 18.4 Å². The molecule has 1 aliphatic heterocycles. The molecule has 31 heavy (non-hydrogen) atoms. The van der Waals surface area contributed by atoms with Crippen LogP contribution in [0.1, 0.15) is 52.3 Å². The molecule has 7 nitrogen and oxygen atoms in total. The van der Waals surface area contributed by atoms with Gasteiger partial charge in [0.2, 0.25) is 23.5 Å². The summed E-state index contributed by atoms with van der Waals surface area (Å²) in [6, 6.07) is 7.41. The number of rotatable bonds is 8. The maximum absolute atomic E-state index is 12.5. The first-order chi connectivity index (χ1) is 14.8. The quantitative estimate of drug-likeness (QED) is 0.659. The lowest BCUT2D eigenvalue weighted by molar-refractivity contribution is -0.136. The first kappa shape index (κ1) is 23.3. The highest BCUT2D eigenvalue weighted by molar-refractivity contribution is 6.30. The van der Waals surface area contributed by atoms with Crippen molar-refractivity contribution in [2.75, 3.05) is 13.1 Å². The lowest BCUT2D eigenvalue weighted by atomic mass is 9.94. The number of carbonyl (C=O) groups excluding carboxylic acids is 2. The van der Waals surface area contributed by atoms with E-state index in [9.17, 15) is 9.59 Å². The molecule has 1 aliphatic rings. The van der Waals surface area contributed by atoms with Crippen LogP contribution in [0, 0.1) is 11.8 Å². The van der Waals surface area contributed by atoms with Crippen LogP contribution in [0.2, 0.25) is 5.02 Å². The number of carbonyl (C=O) groups is 2. The van der Waals surface area contributed by atoms with Gasteiger partial charge in [-0.05, 0) is 56.4 Å². The van der Waals surface area contributed by atoms with Crippen molar-refractivity contribution in [3.8, 4) is 11.4 Å². The summed E-state index contributed by atoms with van der Waals surface area (Å²) < 4.78 is 5.30. The molecule has 168 valence electrons. The van der Waals surface area contributed by atoms with E-state index < -0.39 is 0 Å². The fourth-order valence-electron chi connectivity index (χ4n) is 3.52. The number of nitrogens with one attached hydrogen (secondary N) is 1. The van der Waals surface area contributed by atoms with Gasteiger partial charge >= 0.3 is 0 Å². The van der Waals surface area contributed by atoms with Gasteiger partial charge in [0.1, 0.15) is 0 Å². The molecular weight excluding hydrogens is 416 g/mol. The molecule has 1 unspecified atom stereocenters. The van der Waals surface area contributed by atoms with Gasteiger partial charge in [-0.3, -0.25) is 9.59 Å². The molecule has 0 bridgehead atoms. The van der Waals surface area contributed by atoms with Crippen molar-refractivity contribution in [1.82, 2.24) is 20.4 Å². The van der Waals surface area contributed by atoms with Gasteiger partial charge in [0, 0.05) is 48.5 Å². The summed E-state index contributed by atoms with van der Waals surface area (Å²) >= 11 is 5.90. The monoisotopic (exact) mass is 446 g/mol. The zero-order chi connectivity index (χ0) is 22.4. The van der Waals surface area contributed by atoms with Crippen LogP contribution in [0.25, 0.3) is 11.4 Å². The molecule has 2 aromatic rings. The molecule has 0 saturated carbocycles. The van der Waals surface area contributed by atoms with Crippen molar-refractivity contribution >= 4 is 23.4 Å². The highest BCUT2D eigenvalue weighted by Gasteiger charge is 2.28. The first-order valence-electron chi connectivity index (χ1n) is 11.0. The summed E-state index contributed by atoms with van der Waals surface area (Å²) in [5, 5.41) is 7.74. The fraction of sp³-hybridized carbons (Fsp3) is 0.565. The summed E-state index contributed by atoms with van der Waals surface area (Å²) in [4.78, 5) is 31.2. The summed E-state index contributed by atoms with van der Waals surface area (Å²) in [5.41, 5.74) is 0.838. The second kappa shape index (κ2) is 10.8. The number of benzene rings is 1. The number of hydrogen-bond donors (Lipinski definition) is 1. The van der Waals surface area contributed by atoms with E-state index in [4.69, 9.17) is 16.1 Å². The fourth-order valence-corrected chi connectivity index (χ4v) is 3.65.